The van der Waals surface area contributed by atoms with E-state index in [9.17, 15) is 9.59 Å². The van der Waals surface area contributed by atoms with E-state index in [2.05, 4.69) is 10.3 Å². The third kappa shape index (κ3) is 4.62. The molecule has 1 N–H and O–H groups in total. The quantitative estimate of drug-likeness (QED) is 0.721. The monoisotopic (exact) mass is 369 g/mol. The van der Waals surface area contributed by atoms with Gasteiger partial charge in [0.25, 0.3) is 5.91 Å². The van der Waals surface area contributed by atoms with E-state index in [0.29, 0.717) is 44.1 Å². The SMILES string of the molecule is COCCNC(=O)CCCN1C(=O)[C@@H](c2ccccc2)Oc2cccnc21. The number of carbonyl (C=O) groups is 2. The number of nitrogens with zero attached hydrogens (tertiary/aromatic N) is 2. The summed E-state index contributed by atoms with van der Waals surface area (Å²) in [7, 11) is 1.59. The summed E-state index contributed by atoms with van der Waals surface area (Å²) in [6.45, 7) is 1.35. The third-order valence-corrected chi connectivity index (χ3v) is 4.26. The Morgan fingerprint density at radius 3 is 2.85 bits per heavy atom. The van der Waals surface area contributed by atoms with E-state index in [4.69, 9.17) is 9.47 Å². The summed E-state index contributed by atoms with van der Waals surface area (Å²) >= 11 is 0. The van der Waals surface area contributed by atoms with Crippen LogP contribution in [0.2, 0.25) is 0 Å². The molecule has 142 valence electrons. The van der Waals surface area contributed by atoms with Crippen LogP contribution in [-0.2, 0) is 14.3 Å². The number of fused-ring (bicyclic) bond motifs is 1. The second kappa shape index (κ2) is 9.14. The Hall–Kier alpha value is -2.93. The van der Waals surface area contributed by atoms with Crippen molar-refractivity contribution in [3.8, 4) is 5.75 Å². The Bertz CT molecular complexity index is 782. The van der Waals surface area contributed by atoms with Gasteiger partial charge in [-0.15, -0.1) is 0 Å². The molecule has 1 aliphatic rings. The Morgan fingerprint density at radius 2 is 2.07 bits per heavy atom. The van der Waals surface area contributed by atoms with Gasteiger partial charge in [0, 0.05) is 38.4 Å². The van der Waals surface area contributed by atoms with Crippen LogP contribution < -0.4 is 15.0 Å². The number of ether oxygens (including phenoxy) is 2. The van der Waals surface area contributed by atoms with E-state index >= 15 is 0 Å². The van der Waals surface area contributed by atoms with Crippen molar-refractivity contribution in [3.05, 3.63) is 54.2 Å². The number of hydrogen-bond acceptors (Lipinski definition) is 5. The van der Waals surface area contributed by atoms with Gasteiger partial charge in [0.1, 0.15) is 0 Å². The lowest BCUT2D eigenvalue weighted by molar-refractivity contribution is -0.127. The van der Waals surface area contributed by atoms with Gasteiger partial charge in [0.05, 0.1) is 6.61 Å². The van der Waals surface area contributed by atoms with Crippen LogP contribution >= 0.6 is 0 Å². The highest BCUT2D eigenvalue weighted by atomic mass is 16.5. The molecule has 1 aliphatic heterocycles. The molecule has 0 unspecified atom stereocenters. The zero-order chi connectivity index (χ0) is 19.1. The van der Waals surface area contributed by atoms with Crippen molar-refractivity contribution in [1.82, 2.24) is 10.3 Å². The van der Waals surface area contributed by atoms with Crippen molar-refractivity contribution in [1.29, 1.82) is 0 Å². The van der Waals surface area contributed by atoms with Gasteiger partial charge in [-0.25, -0.2) is 4.98 Å². The van der Waals surface area contributed by atoms with Crippen LogP contribution in [0.15, 0.2) is 48.7 Å². The molecule has 1 aromatic heterocycles. The smallest absolute Gasteiger partial charge is 0.274 e. The molecule has 2 amide bonds. The van der Waals surface area contributed by atoms with Crippen molar-refractivity contribution in [2.24, 2.45) is 0 Å². The molecular weight excluding hydrogens is 346 g/mol. The first-order chi connectivity index (χ1) is 13.2. The number of benzene rings is 1. The number of anilines is 1. The Morgan fingerprint density at radius 1 is 1.26 bits per heavy atom. The lowest BCUT2D eigenvalue weighted by atomic mass is 10.1. The number of carbonyl (C=O) groups excluding carboxylic acids is 2. The van der Waals surface area contributed by atoms with Crippen molar-refractivity contribution < 1.29 is 19.1 Å². The summed E-state index contributed by atoms with van der Waals surface area (Å²) in [5.74, 6) is 0.825. The van der Waals surface area contributed by atoms with Crippen LogP contribution in [0.4, 0.5) is 5.82 Å². The van der Waals surface area contributed by atoms with E-state index in [0.717, 1.165) is 5.56 Å². The minimum Gasteiger partial charge on any atom is -0.472 e. The zero-order valence-corrected chi connectivity index (χ0v) is 15.3. The van der Waals surface area contributed by atoms with Gasteiger partial charge in [0.15, 0.2) is 11.6 Å². The molecule has 0 fully saturated rings. The summed E-state index contributed by atoms with van der Waals surface area (Å²) < 4.78 is 10.8. The maximum atomic E-state index is 13.0. The predicted molar refractivity (Wildman–Crippen MR) is 101 cm³/mol. The molecule has 0 bridgehead atoms. The number of pyridine rings is 1. The first-order valence-electron chi connectivity index (χ1n) is 8.94. The third-order valence-electron chi connectivity index (χ3n) is 4.26. The van der Waals surface area contributed by atoms with Gasteiger partial charge in [-0.05, 0) is 18.6 Å². The second-order valence-corrected chi connectivity index (χ2v) is 6.17. The van der Waals surface area contributed by atoms with Gasteiger partial charge in [-0.2, -0.15) is 0 Å². The minimum absolute atomic E-state index is 0.0615. The first-order valence-corrected chi connectivity index (χ1v) is 8.94. The Labute approximate surface area is 158 Å². The van der Waals surface area contributed by atoms with Crippen molar-refractivity contribution >= 4 is 17.6 Å². The van der Waals surface area contributed by atoms with E-state index in [1.54, 1.807) is 30.3 Å². The van der Waals surface area contributed by atoms with E-state index in [-0.39, 0.29) is 11.8 Å². The van der Waals surface area contributed by atoms with Gasteiger partial charge in [-0.3, -0.25) is 14.5 Å². The molecule has 0 spiro atoms. The highest BCUT2D eigenvalue weighted by Gasteiger charge is 2.36. The van der Waals surface area contributed by atoms with E-state index < -0.39 is 6.10 Å². The molecule has 2 aromatic rings. The molecular formula is C20H23N3O4. The fourth-order valence-electron chi connectivity index (χ4n) is 2.93. The van der Waals surface area contributed by atoms with Crippen molar-refractivity contribution in [2.75, 3.05) is 31.7 Å². The molecule has 1 aromatic carbocycles. The van der Waals surface area contributed by atoms with Crippen molar-refractivity contribution in [2.45, 2.75) is 18.9 Å². The van der Waals surface area contributed by atoms with Gasteiger partial charge < -0.3 is 14.8 Å². The number of rotatable bonds is 8. The van der Waals surface area contributed by atoms with Crippen LogP contribution in [0.1, 0.15) is 24.5 Å². The fraction of sp³-hybridized carbons (Fsp3) is 0.350. The average Bonchev–Trinajstić information content (AvgIpc) is 2.70. The molecule has 7 nitrogen and oxygen atoms in total. The Kier molecular flexibility index (Phi) is 6.38. The summed E-state index contributed by atoms with van der Waals surface area (Å²) in [6, 6.07) is 13.0. The largest absolute Gasteiger partial charge is 0.472 e. The molecule has 1 atom stereocenters. The Balaban J connectivity index is 1.69. The van der Waals surface area contributed by atoms with Crippen LogP contribution in [0.5, 0.6) is 5.75 Å². The lowest BCUT2D eigenvalue weighted by Crippen LogP contribution is -2.42. The number of amides is 2. The van der Waals surface area contributed by atoms with Crippen molar-refractivity contribution in [3.63, 3.8) is 0 Å². The summed E-state index contributed by atoms with van der Waals surface area (Å²) in [6.07, 6.45) is 1.77. The minimum atomic E-state index is -0.710. The normalized spacial score (nSPS) is 15.8. The maximum Gasteiger partial charge on any atom is 0.274 e. The molecule has 2 heterocycles. The highest BCUT2D eigenvalue weighted by Crippen LogP contribution is 2.37. The van der Waals surface area contributed by atoms with Crippen LogP contribution in [0.25, 0.3) is 0 Å². The first kappa shape index (κ1) is 18.8. The molecule has 0 radical (unpaired) electrons. The summed E-state index contributed by atoms with van der Waals surface area (Å²) in [5, 5.41) is 2.78. The predicted octanol–water partition coefficient (Wildman–Crippen LogP) is 2.09. The molecule has 3 rings (SSSR count). The number of methoxy groups -OCH3 is 1. The van der Waals surface area contributed by atoms with Gasteiger partial charge in [0.2, 0.25) is 12.0 Å². The second-order valence-electron chi connectivity index (χ2n) is 6.17. The topological polar surface area (TPSA) is 80.8 Å². The van der Waals surface area contributed by atoms with Gasteiger partial charge in [-0.1, -0.05) is 30.3 Å². The van der Waals surface area contributed by atoms with E-state index in [1.165, 1.54) is 0 Å². The molecule has 7 heteroatoms. The standard InChI is InChI=1S/C20H23N3O4/c1-26-14-12-21-17(24)10-6-13-23-19-16(9-5-11-22-19)27-18(20(23)25)15-7-3-2-4-8-15/h2-5,7-9,11,18H,6,10,12-14H2,1H3,(H,21,24)/t18-/m1/s1. The number of aromatic nitrogens is 1. The fourth-order valence-corrected chi connectivity index (χ4v) is 2.93. The van der Waals surface area contributed by atoms with Gasteiger partial charge >= 0.3 is 0 Å². The summed E-state index contributed by atoms with van der Waals surface area (Å²) in [4.78, 5) is 30.8. The maximum absolute atomic E-state index is 13.0. The van der Waals surface area contributed by atoms with Crippen LogP contribution in [0.3, 0.4) is 0 Å². The zero-order valence-electron chi connectivity index (χ0n) is 15.3. The summed E-state index contributed by atoms with van der Waals surface area (Å²) in [5.41, 5.74) is 0.791. The molecule has 0 saturated heterocycles. The molecule has 27 heavy (non-hydrogen) atoms. The average molecular weight is 369 g/mol. The molecule has 0 saturated carbocycles. The molecule has 0 aliphatic carbocycles. The van der Waals surface area contributed by atoms with Crippen LogP contribution in [0, 0.1) is 0 Å². The lowest BCUT2D eigenvalue weighted by Gasteiger charge is -2.33. The van der Waals surface area contributed by atoms with Crippen LogP contribution in [-0.4, -0.2) is 43.6 Å². The number of hydrogen-bond donors (Lipinski definition) is 1. The highest BCUT2D eigenvalue weighted by molar-refractivity contribution is 5.99. The van der Waals surface area contributed by atoms with E-state index in [1.807, 2.05) is 30.3 Å². The number of nitrogens with one attached hydrogen (secondary N) is 1.